The van der Waals surface area contributed by atoms with Crippen LogP contribution < -0.4 is 15.4 Å². The fraction of sp³-hybridized carbons (Fsp3) is 0.118. The number of hydrogen-bond donors (Lipinski definition) is 2. The van der Waals surface area contributed by atoms with Gasteiger partial charge >= 0.3 is 5.69 Å². The van der Waals surface area contributed by atoms with Gasteiger partial charge in [0.15, 0.2) is 0 Å². The number of nitro groups is 1. The molecule has 0 radical (unpaired) electrons. The van der Waals surface area contributed by atoms with E-state index in [1.807, 2.05) is 13.0 Å². The van der Waals surface area contributed by atoms with Crippen LogP contribution in [-0.4, -0.2) is 27.0 Å². The Balaban J connectivity index is 1.92. The summed E-state index contributed by atoms with van der Waals surface area (Å²) in [4.78, 5) is 23.2. The fourth-order valence-electron chi connectivity index (χ4n) is 2.21. The number of rotatable bonds is 6. The van der Waals surface area contributed by atoms with Crippen LogP contribution in [0.3, 0.4) is 0 Å². The van der Waals surface area contributed by atoms with E-state index in [-0.39, 0.29) is 17.3 Å². The molecule has 0 saturated carbocycles. The fourth-order valence-corrected chi connectivity index (χ4v) is 2.21. The zero-order chi connectivity index (χ0) is 18.5. The second-order valence-corrected chi connectivity index (χ2v) is 5.38. The van der Waals surface area contributed by atoms with Crippen molar-refractivity contribution >= 4 is 28.8 Å². The molecule has 0 aliphatic heterocycles. The summed E-state index contributed by atoms with van der Waals surface area (Å²) in [5.74, 6) is 1.26. The molecule has 26 heavy (non-hydrogen) atoms. The van der Waals surface area contributed by atoms with E-state index in [2.05, 4.69) is 25.6 Å². The number of benzene rings is 1. The summed E-state index contributed by atoms with van der Waals surface area (Å²) in [7, 11) is 1.56. The Morgan fingerprint density at radius 2 is 1.69 bits per heavy atom. The van der Waals surface area contributed by atoms with Gasteiger partial charge < -0.3 is 15.4 Å². The number of pyridine rings is 1. The van der Waals surface area contributed by atoms with E-state index in [1.165, 1.54) is 6.33 Å². The van der Waals surface area contributed by atoms with E-state index in [1.54, 1.807) is 43.6 Å². The third kappa shape index (κ3) is 3.83. The van der Waals surface area contributed by atoms with Crippen molar-refractivity contribution in [1.82, 2.24) is 15.0 Å². The molecule has 0 amide bonds. The van der Waals surface area contributed by atoms with Gasteiger partial charge in [0.1, 0.15) is 17.9 Å². The number of anilines is 4. The van der Waals surface area contributed by atoms with Crippen molar-refractivity contribution in [2.45, 2.75) is 6.92 Å². The Morgan fingerprint density at radius 1 is 1.00 bits per heavy atom. The molecule has 132 valence electrons. The van der Waals surface area contributed by atoms with Crippen LogP contribution in [0, 0.1) is 17.0 Å². The molecular weight excluding hydrogens is 336 g/mol. The minimum Gasteiger partial charge on any atom is -0.497 e. The molecule has 0 atom stereocenters. The number of nitrogens with one attached hydrogen (secondary N) is 2. The average Bonchev–Trinajstić information content (AvgIpc) is 2.64. The maximum absolute atomic E-state index is 11.6. The van der Waals surface area contributed by atoms with Gasteiger partial charge in [-0.25, -0.2) is 15.0 Å². The maximum Gasteiger partial charge on any atom is 0.353 e. The monoisotopic (exact) mass is 352 g/mol. The molecule has 0 aliphatic carbocycles. The number of nitrogens with zero attached hydrogens (tertiary/aromatic N) is 4. The molecular formula is C17H16N6O3. The lowest BCUT2D eigenvalue weighted by atomic mass is 10.3. The van der Waals surface area contributed by atoms with Gasteiger partial charge in [-0.3, -0.25) is 10.1 Å². The Hall–Kier alpha value is -3.75. The normalized spacial score (nSPS) is 10.2. The predicted octanol–water partition coefficient (Wildman–Crippen LogP) is 3.58. The minimum absolute atomic E-state index is 0.0531. The Morgan fingerprint density at radius 3 is 2.27 bits per heavy atom. The van der Waals surface area contributed by atoms with Crippen LogP contribution in [0.1, 0.15) is 5.56 Å². The van der Waals surface area contributed by atoms with Crippen molar-refractivity contribution in [2.24, 2.45) is 0 Å². The summed E-state index contributed by atoms with van der Waals surface area (Å²) in [5.41, 5.74) is 1.34. The van der Waals surface area contributed by atoms with Crippen LogP contribution in [0.4, 0.5) is 28.8 Å². The molecule has 1 aromatic carbocycles. The summed E-state index contributed by atoms with van der Waals surface area (Å²) >= 11 is 0. The van der Waals surface area contributed by atoms with Crippen LogP contribution in [0.2, 0.25) is 0 Å². The van der Waals surface area contributed by atoms with Gasteiger partial charge in [0, 0.05) is 11.9 Å². The first-order valence-electron chi connectivity index (χ1n) is 7.67. The van der Waals surface area contributed by atoms with E-state index in [0.29, 0.717) is 17.3 Å². The first-order valence-corrected chi connectivity index (χ1v) is 7.67. The largest absolute Gasteiger partial charge is 0.497 e. The number of aromatic nitrogens is 3. The van der Waals surface area contributed by atoms with Crippen molar-refractivity contribution in [3.8, 4) is 5.75 Å². The topological polar surface area (TPSA) is 115 Å². The lowest BCUT2D eigenvalue weighted by Crippen LogP contribution is -2.06. The molecule has 0 fully saturated rings. The van der Waals surface area contributed by atoms with Gasteiger partial charge in [-0.2, -0.15) is 0 Å². The van der Waals surface area contributed by atoms with Gasteiger partial charge in [0.05, 0.1) is 12.0 Å². The highest BCUT2D eigenvalue weighted by Crippen LogP contribution is 2.32. The van der Waals surface area contributed by atoms with Gasteiger partial charge in [0.2, 0.25) is 11.6 Å². The van der Waals surface area contributed by atoms with Gasteiger partial charge in [-0.15, -0.1) is 0 Å². The molecule has 2 heterocycles. The van der Waals surface area contributed by atoms with Crippen LogP contribution >= 0.6 is 0 Å². The van der Waals surface area contributed by atoms with E-state index >= 15 is 0 Å². The van der Waals surface area contributed by atoms with Gasteiger partial charge in [-0.1, -0.05) is 6.07 Å². The molecule has 9 nitrogen and oxygen atoms in total. The second-order valence-electron chi connectivity index (χ2n) is 5.38. The van der Waals surface area contributed by atoms with Crippen molar-refractivity contribution in [3.05, 3.63) is 64.6 Å². The Kier molecular flexibility index (Phi) is 4.88. The molecule has 2 N–H and O–H groups in total. The van der Waals surface area contributed by atoms with Crippen LogP contribution in [0.5, 0.6) is 5.75 Å². The summed E-state index contributed by atoms with van der Waals surface area (Å²) < 4.78 is 5.10. The number of aryl methyl sites for hydroxylation is 1. The van der Waals surface area contributed by atoms with Crippen molar-refractivity contribution in [1.29, 1.82) is 0 Å². The molecule has 0 saturated heterocycles. The summed E-state index contributed by atoms with van der Waals surface area (Å²) in [6.07, 6.45) is 2.90. The Bertz CT molecular complexity index is 913. The SMILES string of the molecule is COc1ccc(Nc2ncnc(Nc3ccc(C)cn3)c2[N+](=O)[O-])cc1. The standard InChI is InChI=1S/C17H16N6O3/c1-11-3-8-14(18-9-11)22-17-15(23(24)25)16(19-10-20-17)21-12-4-6-13(26-2)7-5-12/h3-10H,1-2H3,(H2,18,19,20,21,22). The van der Waals surface area contributed by atoms with Gasteiger partial charge in [-0.05, 0) is 42.8 Å². The summed E-state index contributed by atoms with van der Waals surface area (Å²) in [6.45, 7) is 1.90. The van der Waals surface area contributed by atoms with Crippen molar-refractivity contribution in [2.75, 3.05) is 17.7 Å². The smallest absolute Gasteiger partial charge is 0.353 e. The molecule has 0 spiro atoms. The van der Waals surface area contributed by atoms with Crippen LogP contribution in [-0.2, 0) is 0 Å². The minimum atomic E-state index is -0.539. The van der Waals surface area contributed by atoms with Crippen LogP contribution in [0.25, 0.3) is 0 Å². The highest BCUT2D eigenvalue weighted by atomic mass is 16.6. The average molecular weight is 352 g/mol. The number of ether oxygens (including phenoxy) is 1. The lowest BCUT2D eigenvalue weighted by molar-refractivity contribution is -0.383. The summed E-state index contributed by atoms with van der Waals surface area (Å²) in [5, 5.41) is 17.4. The highest BCUT2D eigenvalue weighted by Gasteiger charge is 2.23. The molecule has 9 heteroatoms. The molecule has 2 aromatic heterocycles. The quantitative estimate of drug-likeness (QED) is 0.511. The second kappa shape index (κ2) is 7.43. The zero-order valence-electron chi connectivity index (χ0n) is 14.1. The molecule has 0 unspecified atom stereocenters. The van der Waals surface area contributed by atoms with E-state index in [0.717, 1.165) is 5.56 Å². The molecule has 0 bridgehead atoms. The zero-order valence-corrected chi connectivity index (χ0v) is 14.1. The van der Waals surface area contributed by atoms with E-state index in [9.17, 15) is 10.1 Å². The van der Waals surface area contributed by atoms with Gasteiger partial charge in [0.25, 0.3) is 0 Å². The molecule has 0 aliphatic rings. The van der Waals surface area contributed by atoms with E-state index in [4.69, 9.17) is 4.74 Å². The van der Waals surface area contributed by atoms with Crippen molar-refractivity contribution in [3.63, 3.8) is 0 Å². The first-order chi connectivity index (χ1) is 12.6. The third-order valence-corrected chi connectivity index (χ3v) is 3.52. The van der Waals surface area contributed by atoms with Crippen molar-refractivity contribution < 1.29 is 9.66 Å². The lowest BCUT2D eigenvalue weighted by Gasteiger charge is -2.10. The Labute approximate surface area is 149 Å². The number of hydrogen-bond acceptors (Lipinski definition) is 8. The predicted molar refractivity (Wildman–Crippen MR) is 97.2 cm³/mol. The summed E-state index contributed by atoms with van der Waals surface area (Å²) in [6, 6.07) is 10.5. The van der Waals surface area contributed by atoms with Crippen LogP contribution in [0.15, 0.2) is 48.9 Å². The van der Waals surface area contributed by atoms with E-state index < -0.39 is 4.92 Å². The maximum atomic E-state index is 11.6. The first kappa shape index (κ1) is 17.1. The molecule has 3 rings (SSSR count). The number of methoxy groups -OCH3 is 1. The third-order valence-electron chi connectivity index (χ3n) is 3.52. The highest BCUT2D eigenvalue weighted by molar-refractivity contribution is 5.76. The molecule has 3 aromatic rings.